The van der Waals surface area contributed by atoms with E-state index in [4.69, 9.17) is 4.74 Å². The lowest BCUT2D eigenvalue weighted by Crippen LogP contribution is -2.41. The topological polar surface area (TPSA) is 81.9 Å². The second-order valence-electron chi connectivity index (χ2n) is 8.63. The van der Waals surface area contributed by atoms with E-state index in [1.807, 2.05) is 44.2 Å². The summed E-state index contributed by atoms with van der Waals surface area (Å²) in [5.41, 5.74) is 2.08. The number of thioether (sulfide) groups is 1. The van der Waals surface area contributed by atoms with Gasteiger partial charge in [-0.15, -0.1) is 10.2 Å². The minimum absolute atomic E-state index is 0.0372. The molecule has 32 heavy (non-hydrogen) atoms. The Kier molecular flexibility index (Phi) is 7.22. The van der Waals surface area contributed by atoms with Crippen molar-refractivity contribution in [1.29, 1.82) is 0 Å². The summed E-state index contributed by atoms with van der Waals surface area (Å²) in [7, 11) is 0. The van der Waals surface area contributed by atoms with Gasteiger partial charge in [-0.1, -0.05) is 42.1 Å². The summed E-state index contributed by atoms with van der Waals surface area (Å²) in [6, 6.07) is 14.2. The van der Waals surface area contributed by atoms with Gasteiger partial charge in [0.15, 0.2) is 11.0 Å². The molecule has 1 N–H and O–H groups in total. The van der Waals surface area contributed by atoms with Crippen LogP contribution in [-0.4, -0.2) is 37.9 Å². The zero-order valence-electron chi connectivity index (χ0n) is 18.5. The summed E-state index contributed by atoms with van der Waals surface area (Å²) in [6.07, 6.45) is 5.06. The van der Waals surface area contributed by atoms with Gasteiger partial charge in [0.2, 0.25) is 5.91 Å². The van der Waals surface area contributed by atoms with Crippen molar-refractivity contribution in [3.63, 3.8) is 0 Å². The number of pyridine rings is 1. The first-order valence-corrected chi connectivity index (χ1v) is 11.9. The highest BCUT2D eigenvalue weighted by Crippen LogP contribution is 2.29. The molecule has 1 amide bonds. The molecule has 1 atom stereocenters. The molecule has 0 bridgehead atoms. The third-order valence-corrected chi connectivity index (χ3v) is 6.62. The van der Waals surface area contributed by atoms with Crippen LogP contribution in [0.5, 0.6) is 0 Å². The molecule has 1 fully saturated rings. The SMILES string of the molecule is CC1(C)CC(C(=O)NCc2nnc(SCc3ccncc3)n2Cc2ccccc2)CCO1. The first-order valence-electron chi connectivity index (χ1n) is 10.9. The Morgan fingerprint density at radius 3 is 2.69 bits per heavy atom. The zero-order valence-corrected chi connectivity index (χ0v) is 19.3. The second kappa shape index (κ2) is 10.3. The first-order chi connectivity index (χ1) is 15.5. The third kappa shape index (κ3) is 5.95. The van der Waals surface area contributed by atoms with Gasteiger partial charge in [-0.2, -0.15) is 0 Å². The molecule has 0 aliphatic carbocycles. The highest BCUT2D eigenvalue weighted by atomic mass is 32.2. The molecule has 1 aliphatic rings. The van der Waals surface area contributed by atoms with Crippen LogP contribution in [0.15, 0.2) is 60.0 Å². The molecule has 1 saturated heterocycles. The maximum absolute atomic E-state index is 12.8. The van der Waals surface area contributed by atoms with Gasteiger partial charge in [0.05, 0.1) is 18.7 Å². The highest BCUT2D eigenvalue weighted by molar-refractivity contribution is 7.98. The van der Waals surface area contributed by atoms with Crippen molar-refractivity contribution in [2.45, 2.75) is 56.3 Å². The maximum Gasteiger partial charge on any atom is 0.223 e. The Hall–Kier alpha value is -2.71. The summed E-state index contributed by atoms with van der Waals surface area (Å²) in [6.45, 7) is 5.70. The van der Waals surface area contributed by atoms with Crippen LogP contribution in [0.3, 0.4) is 0 Å². The quantitative estimate of drug-likeness (QED) is 0.524. The van der Waals surface area contributed by atoms with Crippen LogP contribution < -0.4 is 5.32 Å². The molecule has 168 valence electrons. The minimum atomic E-state index is -0.260. The molecule has 1 aliphatic heterocycles. The lowest BCUT2D eigenvalue weighted by atomic mass is 9.88. The largest absolute Gasteiger partial charge is 0.376 e. The normalized spacial score (nSPS) is 17.8. The van der Waals surface area contributed by atoms with Gasteiger partial charge in [0, 0.05) is 30.7 Å². The van der Waals surface area contributed by atoms with E-state index in [1.54, 1.807) is 24.2 Å². The molecule has 3 aromatic rings. The zero-order chi connectivity index (χ0) is 22.4. The molecule has 0 saturated carbocycles. The molecule has 2 aromatic heterocycles. The van der Waals surface area contributed by atoms with E-state index in [-0.39, 0.29) is 17.4 Å². The lowest BCUT2D eigenvalue weighted by Gasteiger charge is -2.34. The molecule has 3 heterocycles. The highest BCUT2D eigenvalue weighted by Gasteiger charge is 2.32. The van der Waals surface area contributed by atoms with E-state index in [2.05, 4.69) is 37.2 Å². The average molecular weight is 452 g/mol. The van der Waals surface area contributed by atoms with Crippen LogP contribution in [0.2, 0.25) is 0 Å². The smallest absolute Gasteiger partial charge is 0.223 e. The minimum Gasteiger partial charge on any atom is -0.376 e. The lowest BCUT2D eigenvalue weighted by molar-refractivity contribution is -0.135. The number of benzene rings is 1. The second-order valence-corrected chi connectivity index (χ2v) is 9.57. The van der Waals surface area contributed by atoms with Crippen molar-refractivity contribution in [1.82, 2.24) is 25.1 Å². The Bertz CT molecular complexity index is 1020. The number of nitrogens with zero attached hydrogens (tertiary/aromatic N) is 4. The van der Waals surface area contributed by atoms with E-state index in [9.17, 15) is 4.79 Å². The summed E-state index contributed by atoms with van der Waals surface area (Å²) >= 11 is 1.63. The molecule has 0 radical (unpaired) electrons. The van der Waals surface area contributed by atoms with Crippen LogP contribution in [0, 0.1) is 5.92 Å². The van der Waals surface area contributed by atoms with Crippen LogP contribution in [0.4, 0.5) is 0 Å². The molecule has 7 nitrogen and oxygen atoms in total. The summed E-state index contributed by atoms with van der Waals surface area (Å²) in [5, 5.41) is 12.8. The molecule has 0 spiro atoms. The van der Waals surface area contributed by atoms with Gasteiger partial charge >= 0.3 is 0 Å². The number of hydrogen-bond acceptors (Lipinski definition) is 6. The van der Waals surface area contributed by atoms with Crippen molar-refractivity contribution < 1.29 is 9.53 Å². The maximum atomic E-state index is 12.8. The number of hydrogen-bond donors (Lipinski definition) is 1. The van der Waals surface area contributed by atoms with Crippen LogP contribution in [0.25, 0.3) is 0 Å². The van der Waals surface area contributed by atoms with E-state index in [1.165, 1.54) is 5.56 Å². The monoisotopic (exact) mass is 451 g/mol. The van der Waals surface area contributed by atoms with Gasteiger partial charge in [-0.3, -0.25) is 9.78 Å². The molecule has 1 aromatic carbocycles. The number of carbonyl (C=O) groups is 1. The Balaban J connectivity index is 1.46. The van der Waals surface area contributed by atoms with Crippen molar-refractivity contribution in [2.24, 2.45) is 5.92 Å². The average Bonchev–Trinajstić information content (AvgIpc) is 3.18. The van der Waals surface area contributed by atoms with Gasteiger partial charge in [0.25, 0.3) is 0 Å². The molecular formula is C24H29N5O2S. The fraction of sp³-hybridized carbons (Fsp3) is 0.417. The van der Waals surface area contributed by atoms with Gasteiger partial charge < -0.3 is 14.6 Å². The first kappa shape index (κ1) is 22.5. The van der Waals surface area contributed by atoms with Gasteiger partial charge in [-0.05, 0) is 49.9 Å². The van der Waals surface area contributed by atoms with Crippen LogP contribution in [-0.2, 0) is 28.4 Å². The van der Waals surface area contributed by atoms with Crippen molar-refractivity contribution >= 4 is 17.7 Å². The fourth-order valence-electron chi connectivity index (χ4n) is 3.87. The standard InChI is InChI=1S/C24H29N5O2S/c1-24(2)14-20(10-13-31-24)22(30)26-15-21-27-28-23(32-17-19-8-11-25-12-9-19)29(21)16-18-6-4-3-5-7-18/h3-9,11-12,20H,10,13-17H2,1-2H3,(H,26,30). The molecular weight excluding hydrogens is 422 g/mol. The molecule has 4 rings (SSSR count). The van der Waals surface area contributed by atoms with E-state index >= 15 is 0 Å². The Morgan fingerprint density at radius 2 is 1.94 bits per heavy atom. The van der Waals surface area contributed by atoms with Crippen molar-refractivity contribution in [3.8, 4) is 0 Å². The fourth-order valence-corrected chi connectivity index (χ4v) is 4.79. The number of rotatable bonds is 8. The van der Waals surface area contributed by atoms with Crippen LogP contribution >= 0.6 is 11.8 Å². The van der Waals surface area contributed by atoms with Crippen LogP contribution in [0.1, 0.15) is 43.6 Å². The Morgan fingerprint density at radius 1 is 1.16 bits per heavy atom. The Labute approximate surface area is 193 Å². The van der Waals surface area contributed by atoms with Crippen molar-refractivity contribution in [3.05, 3.63) is 71.8 Å². The number of aromatic nitrogens is 4. The van der Waals surface area contributed by atoms with Gasteiger partial charge in [-0.25, -0.2) is 0 Å². The van der Waals surface area contributed by atoms with Crippen molar-refractivity contribution in [2.75, 3.05) is 6.61 Å². The van der Waals surface area contributed by atoms with Gasteiger partial charge in [0.1, 0.15) is 0 Å². The molecule has 8 heteroatoms. The summed E-state index contributed by atoms with van der Waals surface area (Å²) < 4.78 is 7.84. The predicted octanol–water partition coefficient (Wildman–Crippen LogP) is 3.84. The van der Waals surface area contributed by atoms with E-state index in [0.717, 1.165) is 35.1 Å². The number of carbonyl (C=O) groups excluding carboxylic acids is 1. The summed E-state index contributed by atoms with van der Waals surface area (Å²) in [5.74, 6) is 1.55. The van der Waals surface area contributed by atoms with E-state index < -0.39 is 0 Å². The summed E-state index contributed by atoms with van der Waals surface area (Å²) in [4.78, 5) is 16.9. The van der Waals surface area contributed by atoms with E-state index in [0.29, 0.717) is 19.7 Å². The number of ether oxygens (including phenoxy) is 1. The third-order valence-electron chi connectivity index (χ3n) is 5.58. The number of amides is 1. The number of nitrogens with one attached hydrogen (secondary N) is 1. The molecule has 1 unspecified atom stereocenters. The predicted molar refractivity (Wildman–Crippen MR) is 124 cm³/mol.